The number of H-pyrrole nitrogens is 1. The van der Waals surface area contributed by atoms with Crippen molar-refractivity contribution in [2.45, 2.75) is 37.5 Å². The maximum atomic E-state index is 12.9. The van der Waals surface area contributed by atoms with E-state index in [-0.39, 0.29) is 11.3 Å². The molecule has 6 rings (SSSR count). The van der Waals surface area contributed by atoms with E-state index in [1.54, 1.807) is 7.11 Å². The molecule has 31 heavy (non-hydrogen) atoms. The summed E-state index contributed by atoms with van der Waals surface area (Å²) >= 11 is 3.65. The third-order valence-corrected chi connectivity index (χ3v) is 8.33. The van der Waals surface area contributed by atoms with Crippen LogP contribution in [0.1, 0.15) is 36.1 Å². The molecule has 2 heterocycles. The zero-order valence-electron chi connectivity index (χ0n) is 17.8. The molecule has 1 saturated carbocycles. The zero-order chi connectivity index (χ0) is 21.2. The van der Waals surface area contributed by atoms with Crippen LogP contribution in [0, 0.1) is 11.8 Å². The van der Waals surface area contributed by atoms with E-state index in [2.05, 4.69) is 62.2 Å². The number of likely N-dealkylation sites (tertiary alicyclic amines) is 1. The number of aromatic amines is 1. The Balaban J connectivity index is 1.46. The number of rotatable bonds is 3. The van der Waals surface area contributed by atoms with Crippen molar-refractivity contribution < 1.29 is 9.53 Å². The lowest BCUT2D eigenvalue weighted by Gasteiger charge is -2.51. The number of aromatic nitrogens is 1. The summed E-state index contributed by atoms with van der Waals surface area (Å²) in [6.45, 7) is 1.71. The van der Waals surface area contributed by atoms with Gasteiger partial charge in [0.25, 0.3) is 0 Å². The van der Waals surface area contributed by atoms with Gasteiger partial charge in [-0.05, 0) is 79.5 Å². The van der Waals surface area contributed by atoms with Crippen LogP contribution in [0.5, 0.6) is 5.75 Å². The summed E-state index contributed by atoms with van der Waals surface area (Å²) in [6.07, 6.45) is 5.13. The molecule has 1 aliphatic heterocycles. The van der Waals surface area contributed by atoms with Crippen molar-refractivity contribution in [1.82, 2.24) is 9.88 Å². The Morgan fingerprint density at radius 2 is 2.10 bits per heavy atom. The summed E-state index contributed by atoms with van der Waals surface area (Å²) in [5.41, 5.74) is 5.37. The summed E-state index contributed by atoms with van der Waals surface area (Å²) in [5, 5.41) is 1.31. The molecule has 2 fully saturated rings. The Labute approximate surface area is 191 Å². The zero-order valence-corrected chi connectivity index (χ0v) is 19.4. The highest BCUT2D eigenvalue weighted by atomic mass is 79.9. The normalized spacial score (nSPS) is 25.2. The number of benzene rings is 2. The number of fused-ring (bicyclic) bond motifs is 4. The fourth-order valence-corrected chi connectivity index (χ4v) is 6.35. The maximum absolute atomic E-state index is 12.9. The van der Waals surface area contributed by atoms with E-state index in [0.29, 0.717) is 11.8 Å². The molecule has 1 saturated heterocycles. The van der Waals surface area contributed by atoms with Gasteiger partial charge in [0.1, 0.15) is 5.75 Å². The first-order valence-electron chi connectivity index (χ1n) is 11.3. The third kappa shape index (κ3) is 3.12. The van der Waals surface area contributed by atoms with Gasteiger partial charge in [-0.25, -0.2) is 0 Å². The number of nitrogens with one attached hydrogen (secondary N) is 1. The number of halogens is 1. The predicted octanol–water partition coefficient (Wildman–Crippen LogP) is 5.23. The second kappa shape index (κ2) is 7.13. The summed E-state index contributed by atoms with van der Waals surface area (Å²) in [7, 11) is 1.74. The first-order valence-corrected chi connectivity index (χ1v) is 12.1. The standard InChI is InChI=1S/C26H27BrN2O2/c1-31-20-4-2-3-17(11-20)26-9-10-29(25(30)16-5-6-16)15-18(26)12-21-22-13-19(27)7-8-23(22)28-24(21)14-26/h2-4,7-8,11,13,16,18,28H,5-6,9-10,12,14-15H2,1H3. The lowest BCUT2D eigenvalue weighted by Crippen LogP contribution is -2.55. The average Bonchev–Trinajstić information content (AvgIpc) is 3.59. The van der Waals surface area contributed by atoms with Crippen LogP contribution in [-0.2, 0) is 23.1 Å². The van der Waals surface area contributed by atoms with E-state index in [1.807, 2.05) is 6.07 Å². The first-order chi connectivity index (χ1) is 15.1. The quantitative estimate of drug-likeness (QED) is 0.559. The number of carbonyl (C=O) groups excluding carboxylic acids is 1. The highest BCUT2D eigenvalue weighted by Crippen LogP contribution is 2.50. The van der Waals surface area contributed by atoms with E-state index < -0.39 is 0 Å². The number of nitrogens with zero attached hydrogens (tertiary/aromatic N) is 1. The van der Waals surface area contributed by atoms with Crippen LogP contribution in [0.15, 0.2) is 46.9 Å². The van der Waals surface area contributed by atoms with Gasteiger partial charge in [-0.1, -0.05) is 28.1 Å². The minimum atomic E-state index is 0.0278. The number of ether oxygens (including phenoxy) is 1. The van der Waals surface area contributed by atoms with Crippen LogP contribution in [0.2, 0.25) is 0 Å². The van der Waals surface area contributed by atoms with Crippen molar-refractivity contribution in [2.75, 3.05) is 20.2 Å². The van der Waals surface area contributed by atoms with Crippen LogP contribution in [0.4, 0.5) is 0 Å². The molecule has 2 aromatic carbocycles. The molecule has 5 heteroatoms. The molecule has 1 aromatic heterocycles. The number of methoxy groups -OCH3 is 1. The first kappa shape index (κ1) is 19.4. The molecule has 3 aliphatic rings. The smallest absolute Gasteiger partial charge is 0.225 e. The molecule has 2 unspecified atom stereocenters. The van der Waals surface area contributed by atoms with E-state index >= 15 is 0 Å². The van der Waals surface area contributed by atoms with Gasteiger partial charge in [-0.15, -0.1) is 0 Å². The van der Waals surface area contributed by atoms with E-state index in [1.165, 1.54) is 27.7 Å². The van der Waals surface area contributed by atoms with Crippen molar-refractivity contribution in [3.8, 4) is 5.75 Å². The highest BCUT2D eigenvalue weighted by molar-refractivity contribution is 9.10. The highest BCUT2D eigenvalue weighted by Gasteiger charge is 2.50. The van der Waals surface area contributed by atoms with Crippen LogP contribution in [-0.4, -0.2) is 36.0 Å². The molecule has 160 valence electrons. The number of piperidine rings is 1. The Bertz CT molecular complexity index is 1180. The molecule has 1 N–H and O–H groups in total. The lowest BCUT2D eigenvalue weighted by molar-refractivity contribution is -0.135. The summed E-state index contributed by atoms with van der Waals surface area (Å²) in [5.74, 6) is 1.98. The molecular formula is C26H27BrN2O2. The molecule has 0 spiro atoms. The van der Waals surface area contributed by atoms with Crippen molar-refractivity contribution in [2.24, 2.45) is 11.8 Å². The van der Waals surface area contributed by atoms with E-state index in [4.69, 9.17) is 4.74 Å². The van der Waals surface area contributed by atoms with Crippen molar-refractivity contribution in [3.05, 3.63) is 63.8 Å². The van der Waals surface area contributed by atoms with Crippen LogP contribution in [0.3, 0.4) is 0 Å². The van der Waals surface area contributed by atoms with Crippen molar-refractivity contribution in [1.29, 1.82) is 0 Å². The Hall–Kier alpha value is -2.27. The van der Waals surface area contributed by atoms with Gasteiger partial charge in [0, 0.05) is 45.5 Å². The van der Waals surface area contributed by atoms with E-state index in [0.717, 1.165) is 55.4 Å². The van der Waals surface area contributed by atoms with Gasteiger partial charge in [-0.2, -0.15) is 0 Å². The molecule has 3 aromatic rings. The molecule has 4 nitrogen and oxygen atoms in total. The Kier molecular flexibility index (Phi) is 4.46. The number of amides is 1. The minimum Gasteiger partial charge on any atom is -0.497 e. The maximum Gasteiger partial charge on any atom is 0.225 e. The minimum absolute atomic E-state index is 0.0278. The Morgan fingerprint density at radius 3 is 2.90 bits per heavy atom. The van der Waals surface area contributed by atoms with Gasteiger partial charge < -0.3 is 14.6 Å². The SMILES string of the molecule is COc1cccc(C23CCN(C(=O)C4CC4)CC2Cc2c([nH]c4ccc(Br)cc24)C3)c1. The fourth-order valence-electron chi connectivity index (χ4n) is 5.99. The van der Waals surface area contributed by atoms with Gasteiger partial charge in [0.2, 0.25) is 5.91 Å². The van der Waals surface area contributed by atoms with Crippen LogP contribution in [0.25, 0.3) is 10.9 Å². The van der Waals surface area contributed by atoms with Gasteiger partial charge in [0.05, 0.1) is 7.11 Å². The topological polar surface area (TPSA) is 45.3 Å². The largest absolute Gasteiger partial charge is 0.497 e. The van der Waals surface area contributed by atoms with Crippen molar-refractivity contribution in [3.63, 3.8) is 0 Å². The van der Waals surface area contributed by atoms with Gasteiger partial charge in [-0.3, -0.25) is 4.79 Å². The second-order valence-electron chi connectivity index (χ2n) is 9.55. The van der Waals surface area contributed by atoms with Gasteiger partial charge in [0.15, 0.2) is 0 Å². The molecule has 2 atom stereocenters. The van der Waals surface area contributed by atoms with E-state index in [9.17, 15) is 4.79 Å². The number of hydrogen-bond acceptors (Lipinski definition) is 2. The molecule has 2 aliphatic carbocycles. The molecule has 1 amide bonds. The molecule has 0 radical (unpaired) electrons. The summed E-state index contributed by atoms with van der Waals surface area (Å²) < 4.78 is 6.69. The molecule has 0 bridgehead atoms. The van der Waals surface area contributed by atoms with Crippen molar-refractivity contribution >= 4 is 32.7 Å². The Morgan fingerprint density at radius 1 is 1.23 bits per heavy atom. The van der Waals surface area contributed by atoms with Crippen LogP contribution >= 0.6 is 15.9 Å². The van der Waals surface area contributed by atoms with Gasteiger partial charge >= 0.3 is 0 Å². The number of carbonyl (C=O) groups is 1. The summed E-state index contributed by atoms with van der Waals surface area (Å²) in [4.78, 5) is 18.8. The third-order valence-electron chi connectivity index (χ3n) is 7.83. The second-order valence-corrected chi connectivity index (χ2v) is 10.5. The predicted molar refractivity (Wildman–Crippen MR) is 125 cm³/mol. The monoisotopic (exact) mass is 478 g/mol. The average molecular weight is 479 g/mol. The molecular weight excluding hydrogens is 452 g/mol. The fraction of sp³-hybridized carbons (Fsp3) is 0.423. The van der Waals surface area contributed by atoms with Crippen LogP contribution < -0.4 is 4.74 Å². The number of hydrogen-bond donors (Lipinski definition) is 1. The summed E-state index contributed by atoms with van der Waals surface area (Å²) in [6, 6.07) is 15.1. The lowest BCUT2D eigenvalue weighted by atomic mass is 9.58.